The third kappa shape index (κ3) is 2.86. The van der Waals surface area contributed by atoms with Crippen LogP contribution >= 0.6 is 27.5 Å². The summed E-state index contributed by atoms with van der Waals surface area (Å²) in [5, 5.41) is 0.676. The van der Waals surface area contributed by atoms with Crippen LogP contribution in [0.2, 0.25) is 5.02 Å². The number of rotatable bonds is 2. The molecule has 0 N–H and O–H groups in total. The second-order valence-electron chi connectivity index (χ2n) is 4.50. The average molecular weight is 355 g/mol. The Balaban J connectivity index is 1.69. The Labute approximate surface area is 130 Å². The molecular weight excluding hydrogens is 342 g/mol. The normalized spacial score (nSPS) is 15.5. The number of hydrogen-bond donors (Lipinski definition) is 0. The first-order chi connectivity index (χ1) is 9.74. The quantitative estimate of drug-likeness (QED) is 0.829. The standard InChI is InChI=1S/C13H13BrClN5/c14-10-7-11(15)13(17-8-10)20-5-3-19(4-6-20)12-1-2-16-9-18-12/h1-2,7-9H,3-6H2. The second-order valence-corrected chi connectivity index (χ2v) is 5.82. The number of halogens is 2. The van der Waals surface area contributed by atoms with Crippen LogP contribution in [-0.4, -0.2) is 41.1 Å². The minimum Gasteiger partial charge on any atom is -0.353 e. The van der Waals surface area contributed by atoms with Crippen molar-refractivity contribution in [2.45, 2.75) is 0 Å². The van der Waals surface area contributed by atoms with Crippen molar-refractivity contribution in [1.82, 2.24) is 15.0 Å². The number of aromatic nitrogens is 3. The molecule has 2 aromatic heterocycles. The summed E-state index contributed by atoms with van der Waals surface area (Å²) < 4.78 is 0.894. The zero-order valence-corrected chi connectivity index (χ0v) is 13.0. The highest BCUT2D eigenvalue weighted by Gasteiger charge is 2.20. The van der Waals surface area contributed by atoms with Gasteiger partial charge in [-0.15, -0.1) is 0 Å². The maximum Gasteiger partial charge on any atom is 0.147 e. The Kier molecular flexibility index (Phi) is 4.03. The van der Waals surface area contributed by atoms with Gasteiger partial charge in [-0.25, -0.2) is 15.0 Å². The molecule has 0 amide bonds. The van der Waals surface area contributed by atoms with Crippen molar-refractivity contribution in [1.29, 1.82) is 0 Å². The summed E-state index contributed by atoms with van der Waals surface area (Å²) in [6, 6.07) is 3.81. The van der Waals surface area contributed by atoms with E-state index in [1.54, 1.807) is 18.7 Å². The van der Waals surface area contributed by atoms with Crippen LogP contribution in [0.3, 0.4) is 0 Å². The summed E-state index contributed by atoms with van der Waals surface area (Å²) in [6.45, 7) is 3.53. The number of piperazine rings is 1. The molecule has 0 atom stereocenters. The van der Waals surface area contributed by atoms with Crippen LogP contribution in [0.1, 0.15) is 0 Å². The molecule has 20 heavy (non-hydrogen) atoms. The molecule has 0 unspecified atom stereocenters. The molecule has 5 nitrogen and oxygen atoms in total. The summed E-state index contributed by atoms with van der Waals surface area (Å²) in [7, 11) is 0. The molecule has 2 aromatic rings. The van der Waals surface area contributed by atoms with Gasteiger partial charge in [0.05, 0.1) is 5.02 Å². The van der Waals surface area contributed by atoms with E-state index < -0.39 is 0 Å². The summed E-state index contributed by atoms with van der Waals surface area (Å²) in [4.78, 5) is 17.1. The predicted molar refractivity (Wildman–Crippen MR) is 83.4 cm³/mol. The van der Waals surface area contributed by atoms with Gasteiger partial charge >= 0.3 is 0 Å². The fourth-order valence-corrected chi connectivity index (χ4v) is 3.01. The molecule has 1 fully saturated rings. The average Bonchev–Trinajstić information content (AvgIpc) is 2.48. The molecule has 0 saturated carbocycles. The lowest BCUT2D eigenvalue weighted by Crippen LogP contribution is -2.47. The first kappa shape index (κ1) is 13.6. The third-order valence-corrected chi connectivity index (χ3v) is 3.97. The van der Waals surface area contributed by atoms with Crippen LogP contribution < -0.4 is 9.80 Å². The Morgan fingerprint density at radius 2 is 1.85 bits per heavy atom. The molecule has 1 aliphatic rings. The highest BCUT2D eigenvalue weighted by Crippen LogP contribution is 2.27. The zero-order valence-electron chi connectivity index (χ0n) is 10.7. The Morgan fingerprint density at radius 3 is 2.50 bits per heavy atom. The number of hydrogen-bond acceptors (Lipinski definition) is 5. The van der Waals surface area contributed by atoms with Crippen LogP contribution in [0, 0.1) is 0 Å². The van der Waals surface area contributed by atoms with Crippen LogP contribution in [0.15, 0.2) is 35.3 Å². The third-order valence-electron chi connectivity index (χ3n) is 3.26. The molecule has 3 rings (SSSR count). The first-order valence-corrected chi connectivity index (χ1v) is 7.48. The molecular formula is C13H13BrClN5. The lowest BCUT2D eigenvalue weighted by molar-refractivity contribution is 0.641. The van der Waals surface area contributed by atoms with E-state index in [9.17, 15) is 0 Å². The SMILES string of the molecule is Clc1cc(Br)cnc1N1CCN(c2ccncn2)CC1. The largest absolute Gasteiger partial charge is 0.353 e. The van der Waals surface area contributed by atoms with E-state index in [0.717, 1.165) is 42.3 Å². The van der Waals surface area contributed by atoms with Crippen molar-refractivity contribution in [2.75, 3.05) is 36.0 Å². The molecule has 0 bridgehead atoms. The molecule has 104 valence electrons. The Morgan fingerprint density at radius 1 is 1.10 bits per heavy atom. The van der Waals surface area contributed by atoms with Gasteiger partial charge in [0.1, 0.15) is 18.0 Å². The topological polar surface area (TPSA) is 45.2 Å². The minimum atomic E-state index is 0.676. The summed E-state index contributed by atoms with van der Waals surface area (Å²) in [5.41, 5.74) is 0. The number of nitrogens with zero attached hydrogens (tertiary/aromatic N) is 5. The van der Waals surface area contributed by atoms with Gasteiger partial charge in [-0.1, -0.05) is 11.6 Å². The van der Waals surface area contributed by atoms with Gasteiger partial charge in [-0.2, -0.15) is 0 Å². The fourth-order valence-electron chi connectivity index (χ4n) is 2.26. The predicted octanol–water partition coefficient (Wildman–Crippen LogP) is 2.61. The van der Waals surface area contributed by atoms with E-state index in [2.05, 4.69) is 40.7 Å². The molecule has 7 heteroatoms. The number of anilines is 2. The van der Waals surface area contributed by atoms with Crippen molar-refractivity contribution in [3.63, 3.8) is 0 Å². The van der Waals surface area contributed by atoms with Gasteiger partial charge in [0.2, 0.25) is 0 Å². The van der Waals surface area contributed by atoms with Crippen molar-refractivity contribution >= 4 is 39.2 Å². The van der Waals surface area contributed by atoms with Gasteiger partial charge in [0, 0.05) is 43.0 Å². The first-order valence-electron chi connectivity index (χ1n) is 6.31. The van der Waals surface area contributed by atoms with Crippen LogP contribution in [0.25, 0.3) is 0 Å². The van der Waals surface area contributed by atoms with Gasteiger partial charge in [-0.3, -0.25) is 0 Å². The van der Waals surface area contributed by atoms with Gasteiger partial charge < -0.3 is 9.80 Å². The van der Waals surface area contributed by atoms with Crippen molar-refractivity contribution < 1.29 is 0 Å². The highest BCUT2D eigenvalue weighted by atomic mass is 79.9. The van der Waals surface area contributed by atoms with E-state index in [1.165, 1.54) is 0 Å². The molecule has 0 radical (unpaired) electrons. The molecule has 0 spiro atoms. The van der Waals surface area contributed by atoms with E-state index in [0.29, 0.717) is 5.02 Å². The maximum absolute atomic E-state index is 6.25. The molecule has 1 saturated heterocycles. The fraction of sp³-hybridized carbons (Fsp3) is 0.308. The zero-order chi connectivity index (χ0) is 13.9. The Bertz CT molecular complexity index is 587. The van der Waals surface area contributed by atoms with E-state index in [1.807, 2.05) is 12.1 Å². The molecule has 3 heterocycles. The lowest BCUT2D eigenvalue weighted by Gasteiger charge is -2.36. The van der Waals surface area contributed by atoms with Crippen molar-refractivity contribution in [2.24, 2.45) is 0 Å². The van der Waals surface area contributed by atoms with E-state index >= 15 is 0 Å². The van der Waals surface area contributed by atoms with E-state index in [4.69, 9.17) is 11.6 Å². The highest BCUT2D eigenvalue weighted by molar-refractivity contribution is 9.10. The minimum absolute atomic E-state index is 0.676. The van der Waals surface area contributed by atoms with Crippen LogP contribution in [-0.2, 0) is 0 Å². The van der Waals surface area contributed by atoms with Gasteiger partial charge in [0.25, 0.3) is 0 Å². The maximum atomic E-state index is 6.25. The van der Waals surface area contributed by atoms with Crippen LogP contribution in [0.4, 0.5) is 11.6 Å². The summed E-state index contributed by atoms with van der Waals surface area (Å²) >= 11 is 9.62. The second kappa shape index (κ2) is 5.93. The molecule has 0 aliphatic carbocycles. The van der Waals surface area contributed by atoms with Crippen molar-refractivity contribution in [3.05, 3.63) is 40.3 Å². The summed E-state index contributed by atoms with van der Waals surface area (Å²) in [6.07, 6.45) is 5.12. The molecule has 1 aliphatic heterocycles. The number of pyridine rings is 1. The van der Waals surface area contributed by atoms with Gasteiger partial charge in [0.15, 0.2) is 0 Å². The lowest BCUT2D eigenvalue weighted by atomic mass is 10.3. The van der Waals surface area contributed by atoms with Crippen LogP contribution in [0.5, 0.6) is 0 Å². The van der Waals surface area contributed by atoms with Gasteiger partial charge in [-0.05, 0) is 28.1 Å². The molecule has 0 aromatic carbocycles. The smallest absolute Gasteiger partial charge is 0.147 e. The summed E-state index contributed by atoms with van der Waals surface area (Å²) in [5.74, 6) is 1.81. The van der Waals surface area contributed by atoms with E-state index in [-0.39, 0.29) is 0 Å². The monoisotopic (exact) mass is 353 g/mol. The Hall–Kier alpha value is -1.40. The van der Waals surface area contributed by atoms with Crippen molar-refractivity contribution in [3.8, 4) is 0 Å².